The lowest BCUT2D eigenvalue weighted by molar-refractivity contribution is 0.244. The first-order chi connectivity index (χ1) is 16.6. The van der Waals surface area contributed by atoms with Crippen LogP contribution >= 0.6 is 22.9 Å². The summed E-state index contributed by atoms with van der Waals surface area (Å²) in [5, 5.41) is 9.92. The Kier molecular flexibility index (Phi) is 5.23. The predicted molar refractivity (Wildman–Crippen MR) is 134 cm³/mol. The monoisotopic (exact) mass is 488 g/mol. The van der Waals surface area contributed by atoms with Crippen molar-refractivity contribution in [2.45, 2.75) is 32.2 Å². The van der Waals surface area contributed by atoms with Crippen molar-refractivity contribution >= 4 is 40.2 Å². The summed E-state index contributed by atoms with van der Waals surface area (Å²) in [7, 11) is 0. The average Bonchev–Trinajstić information content (AvgIpc) is 3.59. The van der Waals surface area contributed by atoms with Crippen molar-refractivity contribution in [3.05, 3.63) is 93.3 Å². The molecule has 0 saturated heterocycles. The number of carbonyl (C=O) groups excluding carboxylic acids is 1. The Morgan fingerprint density at radius 3 is 2.82 bits per heavy atom. The van der Waals surface area contributed by atoms with Gasteiger partial charge in [-0.25, -0.2) is 4.79 Å². The molecule has 0 saturated carbocycles. The van der Waals surface area contributed by atoms with E-state index in [4.69, 9.17) is 21.1 Å². The maximum atomic E-state index is 13.4. The van der Waals surface area contributed by atoms with Crippen LogP contribution < -0.4 is 10.2 Å². The summed E-state index contributed by atoms with van der Waals surface area (Å²) in [6.45, 7) is 1.92. The summed E-state index contributed by atoms with van der Waals surface area (Å²) in [6.07, 6.45) is 3.27. The predicted octanol–water partition coefficient (Wildman–Crippen LogP) is 6.64. The van der Waals surface area contributed by atoms with Crippen LogP contribution in [-0.4, -0.2) is 16.2 Å². The molecule has 1 N–H and O–H groups in total. The number of amides is 2. The number of nitrogens with one attached hydrogen (secondary N) is 1. The van der Waals surface area contributed by atoms with E-state index in [1.54, 1.807) is 16.2 Å². The van der Waals surface area contributed by atoms with E-state index in [-0.39, 0.29) is 6.03 Å². The number of rotatable bonds is 4. The minimum atomic E-state index is -0.478. The molecule has 170 valence electrons. The van der Waals surface area contributed by atoms with Crippen LogP contribution in [0.2, 0.25) is 5.02 Å². The summed E-state index contributed by atoms with van der Waals surface area (Å²) < 4.78 is 5.75. The van der Waals surface area contributed by atoms with Crippen LogP contribution in [0.5, 0.6) is 0 Å². The number of benzene rings is 2. The third kappa shape index (κ3) is 3.61. The highest BCUT2D eigenvalue weighted by Gasteiger charge is 2.37. The first kappa shape index (κ1) is 21.1. The van der Waals surface area contributed by atoms with Crippen LogP contribution in [0.25, 0.3) is 16.3 Å². The van der Waals surface area contributed by atoms with Crippen LogP contribution in [0.4, 0.5) is 10.5 Å². The number of urea groups is 1. The maximum absolute atomic E-state index is 13.4. The Morgan fingerprint density at radius 1 is 1.12 bits per heavy atom. The topological polar surface area (TPSA) is 71.3 Å². The number of aromatic nitrogens is 2. The Balaban J connectivity index is 1.50. The lowest BCUT2D eigenvalue weighted by Gasteiger charge is -2.35. The van der Waals surface area contributed by atoms with E-state index in [1.807, 2.05) is 54.8 Å². The highest BCUT2D eigenvalue weighted by atomic mass is 35.5. The fourth-order valence-electron chi connectivity index (χ4n) is 4.80. The van der Waals surface area contributed by atoms with Crippen LogP contribution in [0.3, 0.4) is 0 Å². The zero-order chi connectivity index (χ0) is 23.2. The highest BCUT2D eigenvalue weighted by molar-refractivity contribution is 7.13. The van der Waals surface area contributed by atoms with Gasteiger partial charge in [0.25, 0.3) is 5.89 Å². The molecule has 6 nitrogen and oxygen atoms in total. The molecule has 4 aromatic rings. The van der Waals surface area contributed by atoms with E-state index < -0.39 is 6.04 Å². The molecule has 2 amide bonds. The highest BCUT2D eigenvalue weighted by Crippen LogP contribution is 2.40. The van der Waals surface area contributed by atoms with Gasteiger partial charge in [-0.05, 0) is 78.6 Å². The number of halogens is 1. The van der Waals surface area contributed by atoms with Crippen LogP contribution in [0.1, 0.15) is 42.0 Å². The van der Waals surface area contributed by atoms with E-state index in [2.05, 4.69) is 22.6 Å². The molecule has 2 aliphatic rings. The fourth-order valence-corrected chi connectivity index (χ4v) is 5.65. The van der Waals surface area contributed by atoms with Gasteiger partial charge in [-0.1, -0.05) is 41.0 Å². The number of thiophene rings is 1. The molecule has 1 unspecified atom stereocenters. The lowest BCUT2D eigenvalue weighted by atomic mass is 9.94. The molecular formula is C26H21ClN4O2S. The van der Waals surface area contributed by atoms with Crippen molar-refractivity contribution in [3.8, 4) is 10.7 Å². The summed E-state index contributed by atoms with van der Waals surface area (Å²) in [5.74, 6) is 0.896. The number of hydrogen-bond acceptors (Lipinski definition) is 5. The van der Waals surface area contributed by atoms with Crippen LogP contribution in [-0.2, 0) is 12.8 Å². The minimum Gasteiger partial charge on any atom is -0.334 e. The number of fused-ring (bicyclic) bond motifs is 1. The van der Waals surface area contributed by atoms with Gasteiger partial charge < -0.3 is 9.84 Å². The summed E-state index contributed by atoms with van der Waals surface area (Å²) in [4.78, 5) is 20.7. The van der Waals surface area contributed by atoms with Gasteiger partial charge in [-0.15, -0.1) is 11.3 Å². The second-order valence-electron chi connectivity index (χ2n) is 8.48. The number of aryl methyl sites for hydroxylation is 2. The van der Waals surface area contributed by atoms with Gasteiger partial charge in [-0.2, -0.15) is 4.98 Å². The van der Waals surface area contributed by atoms with Crippen LogP contribution in [0.15, 0.2) is 70.2 Å². The Labute approximate surface area is 205 Å². The molecule has 1 aliphatic heterocycles. The molecule has 2 aromatic carbocycles. The molecule has 0 fully saturated rings. The van der Waals surface area contributed by atoms with Crippen molar-refractivity contribution < 1.29 is 9.32 Å². The molecule has 8 heteroatoms. The van der Waals surface area contributed by atoms with Crippen molar-refractivity contribution in [3.63, 3.8) is 0 Å². The maximum Gasteiger partial charge on any atom is 0.326 e. The molecule has 34 heavy (non-hydrogen) atoms. The third-order valence-electron chi connectivity index (χ3n) is 6.41. The van der Waals surface area contributed by atoms with Gasteiger partial charge in [0, 0.05) is 10.7 Å². The van der Waals surface area contributed by atoms with E-state index in [1.165, 1.54) is 11.1 Å². The number of allylic oxidation sites excluding steroid dienone is 1. The van der Waals surface area contributed by atoms with Gasteiger partial charge >= 0.3 is 6.03 Å². The largest absolute Gasteiger partial charge is 0.334 e. The number of anilines is 1. The zero-order valence-corrected chi connectivity index (χ0v) is 20.0. The standard InChI is InChI=1S/C26H21ClN4O2S/c1-15-22(25-29-24(30-33-25)21-9-4-12-34-21)23(18-7-3-8-19(27)13-18)28-26(32)31(15)20-11-10-16-5-2-6-17(16)14-20/h3-4,7-14,23H,2,5-6H2,1H3,(H,28,32). The first-order valence-electron chi connectivity index (χ1n) is 11.1. The summed E-state index contributed by atoms with van der Waals surface area (Å²) in [5.41, 5.74) is 5.83. The normalized spacial score (nSPS) is 17.8. The van der Waals surface area contributed by atoms with Crippen molar-refractivity contribution in [2.24, 2.45) is 0 Å². The Morgan fingerprint density at radius 2 is 2.00 bits per heavy atom. The van der Waals surface area contributed by atoms with Crippen LogP contribution in [0, 0.1) is 0 Å². The average molecular weight is 489 g/mol. The van der Waals surface area contributed by atoms with Crippen molar-refractivity contribution in [2.75, 3.05) is 4.90 Å². The van der Waals surface area contributed by atoms with Gasteiger partial charge in [0.15, 0.2) is 0 Å². The first-order valence-corrected chi connectivity index (χ1v) is 12.4. The van der Waals surface area contributed by atoms with Gasteiger partial charge in [0.05, 0.1) is 22.2 Å². The summed E-state index contributed by atoms with van der Waals surface area (Å²) in [6, 6.07) is 16.9. The Bertz CT molecular complexity index is 1430. The van der Waals surface area contributed by atoms with E-state index in [9.17, 15) is 4.79 Å². The number of carbonyl (C=O) groups is 1. The minimum absolute atomic E-state index is 0.206. The molecule has 0 spiro atoms. The van der Waals surface area contributed by atoms with Crippen molar-refractivity contribution in [1.82, 2.24) is 15.5 Å². The van der Waals surface area contributed by atoms with Crippen molar-refractivity contribution in [1.29, 1.82) is 0 Å². The molecule has 0 radical (unpaired) electrons. The van der Waals surface area contributed by atoms with E-state index in [0.29, 0.717) is 16.7 Å². The lowest BCUT2D eigenvalue weighted by Crippen LogP contribution is -2.46. The quantitative estimate of drug-likeness (QED) is 0.349. The zero-order valence-electron chi connectivity index (χ0n) is 18.4. The SMILES string of the molecule is CC1=C(c2nc(-c3cccs3)no2)C(c2cccc(Cl)c2)NC(=O)N1c1ccc2c(c1)CCC2. The third-order valence-corrected chi connectivity index (χ3v) is 7.51. The Hall–Kier alpha value is -3.42. The number of nitrogens with zero attached hydrogens (tertiary/aromatic N) is 3. The molecule has 0 bridgehead atoms. The van der Waals surface area contributed by atoms with Gasteiger partial charge in [0.1, 0.15) is 0 Å². The second kappa shape index (κ2) is 8.42. The second-order valence-corrected chi connectivity index (χ2v) is 9.86. The molecule has 1 aliphatic carbocycles. The molecule has 1 atom stereocenters. The van der Waals surface area contributed by atoms with Gasteiger partial charge in [-0.3, -0.25) is 4.90 Å². The molecular weight excluding hydrogens is 468 g/mol. The fraction of sp³-hybridized carbons (Fsp3) is 0.192. The van der Waals surface area contributed by atoms with E-state index >= 15 is 0 Å². The molecule has 6 rings (SSSR count). The van der Waals surface area contributed by atoms with E-state index in [0.717, 1.165) is 46.7 Å². The smallest absolute Gasteiger partial charge is 0.326 e. The number of hydrogen-bond donors (Lipinski definition) is 1. The molecule has 2 aromatic heterocycles. The molecule has 3 heterocycles. The summed E-state index contributed by atoms with van der Waals surface area (Å²) >= 11 is 7.84. The van der Waals surface area contributed by atoms with Gasteiger partial charge in [0.2, 0.25) is 5.82 Å².